The zero-order valence-electron chi connectivity index (χ0n) is 14.3. The van der Waals surface area contributed by atoms with Crippen LogP contribution in [0.25, 0.3) is 0 Å². The minimum atomic E-state index is -0.764. The van der Waals surface area contributed by atoms with Gasteiger partial charge in [0, 0.05) is 6.42 Å². The zero-order valence-corrected chi connectivity index (χ0v) is 14.3. The summed E-state index contributed by atoms with van der Waals surface area (Å²) in [5.41, 5.74) is 3.37. The van der Waals surface area contributed by atoms with Crippen LogP contribution in [0.15, 0.2) is 48.5 Å². The average Bonchev–Trinajstić information content (AvgIpc) is 2.56. The van der Waals surface area contributed by atoms with Gasteiger partial charge in [-0.05, 0) is 43.5 Å². The number of hydrogen-bond donors (Lipinski definition) is 2. The van der Waals surface area contributed by atoms with Gasteiger partial charge < -0.3 is 15.2 Å². The second kappa shape index (κ2) is 9.08. The minimum absolute atomic E-state index is 0.0269. The number of carbonyl (C=O) groups is 1. The Morgan fingerprint density at radius 3 is 2.38 bits per heavy atom. The van der Waals surface area contributed by atoms with Crippen molar-refractivity contribution >= 4 is 5.97 Å². The zero-order chi connectivity index (χ0) is 17.4. The van der Waals surface area contributed by atoms with Gasteiger partial charge in [-0.1, -0.05) is 48.5 Å². The molecule has 1 atom stereocenters. The first-order chi connectivity index (χ1) is 11.6. The Labute approximate surface area is 143 Å². The summed E-state index contributed by atoms with van der Waals surface area (Å²) in [4.78, 5) is 10.6. The van der Waals surface area contributed by atoms with E-state index in [1.54, 1.807) is 0 Å². The summed E-state index contributed by atoms with van der Waals surface area (Å²) < 4.78 is 6.08. The van der Waals surface area contributed by atoms with E-state index in [1.165, 1.54) is 0 Å². The van der Waals surface area contributed by atoms with Crippen molar-refractivity contribution in [3.8, 4) is 5.75 Å². The maximum absolute atomic E-state index is 10.6. The smallest absolute Gasteiger partial charge is 0.303 e. The van der Waals surface area contributed by atoms with E-state index in [0.717, 1.165) is 22.4 Å². The third kappa shape index (κ3) is 5.39. The molecule has 0 spiro atoms. The van der Waals surface area contributed by atoms with Crippen molar-refractivity contribution in [2.75, 3.05) is 13.2 Å². The van der Waals surface area contributed by atoms with Gasteiger partial charge in [-0.3, -0.25) is 4.79 Å². The maximum atomic E-state index is 10.6. The lowest BCUT2D eigenvalue weighted by Crippen LogP contribution is -2.28. The molecule has 0 fully saturated rings. The SMILES string of the molecule is Cc1cccc(C)c1OCC(NCCCC(=O)O)c1ccccc1. The summed E-state index contributed by atoms with van der Waals surface area (Å²) in [6.45, 7) is 5.23. The van der Waals surface area contributed by atoms with Crippen molar-refractivity contribution in [1.82, 2.24) is 5.32 Å². The summed E-state index contributed by atoms with van der Waals surface area (Å²) in [5, 5.41) is 12.2. The number of carboxylic acid groups (broad SMARTS) is 1. The molecular formula is C20H25NO3. The van der Waals surface area contributed by atoms with Crippen LogP contribution in [0.5, 0.6) is 5.75 Å². The number of aryl methyl sites for hydroxylation is 2. The number of nitrogens with one attached hydrogen (secondary N) is 1. The monoisotopic (exact) mass is 327 g/mol. The van der Waals surface area contributed by atoms with Crippen LogP contribution < -0.4 is 10.1 Å². The lowest BCUT2D eigenvalue weighted by molar-refractivity contribution is -0.137. The second-order valence-electron chi connectivity index (χ2n) is 5.95. The molecule has 0 aliphatic heterocycles. The van der Waals surface area contributed by atoms with E-state index in [0.29, 0.717) is 19.6 Å². The summed E-state index contributed by atoms with van der Waals surface area (Å²) >= 11 is 0. The van der Waals surface area contributed by atoms with E-state index in [2.05, 4.69) is 17.4 Å². The van der Waals surface area contributed by atoms with E-state index in [9.17, 15) is 4.79 Å². The fraction of sp³-hybridized carbons (Fsp3) is 0.350. The lowest BCUT2D eigenvalue weighted by Gasteiger charge is -2.21. The van der Waals surface area contributed by atoms with Crippen LogP contribution in [0.2, 0.25) is 0 Å². The highest BCUT2D eigenvalue weighted by Crippen LogP contribution is 2.24. The van der Waals surface area contributed by atoms with Crippen LogP contribution in [0.4, 0.5) is 0 Å². The van der Waals surface area contributed by atoms with Gasteiger partial charge in [0.05, 0.1) is 6.04 Å². The molecule has 4 heteroatoms. The van der Waals surface area contributed by atoms with Crippen molar-refractivity contribution < 1.29 is 14.6 Å². The van der Waals surface area contributed by atoms with Crippen LogP contribution in [0.3, 0.4) is 0 Å². The quantitative estimate of drug-likeness (QED) is 0.686. The van der Waals surface area contributed by atoms with Crippen molar-refractivity contribution in [1.29, 1.82) is 0 Å². The predicted octanol–water partition coefficient (Wildman–Crippen LogP) is 3.88. The summed E-state index contributed by atoms with van der Waals surface area (Å²) in [6.07, 6.45) is 0.772. The van der Waals surface area contributed by atoms with Gasteiger partial charge >= 0.3 is 5.97 Å². The number of ether oxygens (including phenoxy) is 1. The molecule has 4 nitrogen and oxygen atoms in total. The van der Waals surface area contributed by atoms with Crippen LogP contribution >= 0.6 is 0 Å². The summed E-state index contributed by atoms with van der Waals surface area (Å²) in [5.74, 6) is 0.158. The van der Waals surface area contributed by atoms with Crippen LogP contribution in [0, 0.1) is 13.8 Å². The Morgan fingerprint density at radius 2 is 1.75 bits per heavy atom. The summed E-state index contributed by atoms with van der Waals surface area (Å²) in [6, 6.07) is 16.2. The van der Waals surface area contributed by atoms with E-state index in [-0.39, 0.29) is 12.5 Å². The first-order valence-electron chi connectivity index (χ1n) is 8.27. The number of hydrogen-bond acceptors (Lipinski definition) is 3. The molecule has 2 aromatic carbocycles. The molecule has 0 saturated carbocycles. The third-order valence-corrected chi connectivity index (χ3v) is 3.96. The molecule has 0 heterocycles. The Bertz CT molecular complexity index is 635. The highest BCUT2D eigenvalue weighted by Gasteiger charge is 2.13. The molecule has 1 unspecified atom stereocenters. The van der Waals surface area contributed by atoms with Crippen molar-refractivity contribution in [3.05, 3.63) is 65.2 Å². The molecule has 0 radical (unpaired) electrons. The van der Waals surface area contributed by atoms with Gasteiger partial charge in [-0.25, -0.2) is 0 Å². The molecule has 0 bridgehead atoms. The van der Waals surface area contributed by atoms with Gasteiger partial charge in [0.2, 0.25) is 0 Å². The van der Waals surface area contributed by atoms with Crippen LogP contribution in [-0.4, -0.2) is 24.2 Å². The van der Waals surface area contributed by atoms with E-state index in [4.69, 9.17) is 9.84 Å². The average molecular weight is 327 g/mol. The Hall–Kier alpha value is -2.33. The first-order valence-corrected chi connectivity index (χ1v) is 8.27. The van der Waals surface area contributed by atoms with Gasteiger partial charge in [0.25, 0.3) is 0 Å². The molecule has 128 valence electrons. The van der Waals surface area contributed by atoms with Gasteiger partial charge in [-0.15, -0.1) is 0 Å². The van der Waals surface area contributed by atoms with Crippen molar-refractivity contribution in [3.63, 3.8) is 0 Å². The minimum Gasteiger partial charge on any atom is -0.491 e. The predicted molar refractivity (Wildman–Crippen MR) is 95.5 cm³/mol. The lowest BCUT2D eigenvalue weighted by atomic mass is 10.1. The molecule has 0 saturated heterocycles. The Kier molecular flexibility index (Phi) is 6.82. The normalized spacial score (nSPS) is 11.9. The number of aliphatic carboxylic acids is 1. The molecule has 2 rings (SSSR count). The number of para-hydroxylation sites is 1. The summed E-state index contributed by atoms with van der Waals surface area (Å²) in [7, 11) is 0. The van der Waals surface area contributed by atoms with E-state index in [1.807, 2.05) is 50.2 Å². The molecule has 0 aliphatic rings. The Morgan fingerprint density at radius 1 is 1.08 bits per heavy atom. The number of rotatable bonds is 9. The molecule has 0 aliphatic carbocycles. The second-order valence-corrected chi connectivity index (χ2v) is 5.95. The van der Waals surface area contributed by atoms with Crippen LogP contribution in [-0.2, 0) is 4.79 Å². The molecule has 2 aromatic rings. The highest BCUT2D eigenvalue weighted by molar-refractivity contribution is 5.66. The third-order valence-electron chi connectivity index (χ3n) is 3.96. The van der Waals surface area contributed by atoms with Crippen molar-refractivity contribution in [2.24, 2.45) is 0 Å². The highest BCUT2D eigenvalue weighted by atomic mass is 16.5. The molecular weight excluding hydrogens is 302 g/mol. The Balaban J connectivity index is 2.01. The fourth-order valence-corrected chi connectivity index (χ4v) is 2.67. The molecule has 2 N–H and O–H groups in total. The van der Waals surface area contributed by atoms with E-state index >= 15 is 0 Å². The van der Waals surface area contributed by atoms with Gasteiger partial charge in [0.1, 0.15) is 12.4 Å². The van der Waals surface area contributed by atoms with E-state index < -0.39 is 5.97 Å². The topological polar surface area (TPSA) is 58.6 Å². The fourth-order valence-electron chi connectivity index (χ4n) is 2.67. The number of benzene rings is 2. The molecule has 0 aromatic heterocycles. The van der Waals surface area contributed by atoms with Gasteiger partial charge in [0.15, 0.2) is 0 Å². The maximum Gasteiger partial charge on any atom is 0.303 e. The largest absolute Gasteiger partial charge is 0.491 e. The van der Waals surface area contributed by atoms with Gasteiger partial charge in [-0.2, -0.15) is 0 Å². The first kappa shape index (κ1) is 18.0. The van der Waals surface area contributed by atoms with Crippen molar-refractivity contribution in [2.45, 2.75) is 32.7 Å². The standard InChI is InChI=1S/C20H25NO3/c1-15-8-6-9-16(2)20(15)24-14-18(17-10-4-3-5-11-17)21-13-7-12-19(22)23/h3-6,8-11,18,21H,7,12-14H2,1-2H3,(H,22,23). The van der Waals surface area contributed by atoms with Crippen LogP contribution in [0.1, 0.15) is 35.6 Å². The molecule has 24 heavy (non-hydrogen) atoms. The molecule has 0 amide bonds. The number of carboxylic acids is 1.